The zero-order chi connectivity index (χ0) is 9.61. The van der Waals surface area contributed by atoms with Crippen molar-refractivity contribution < 1.29 is 0 Å². The monoisotopic (exact) mass is 184 g/mol. The highest BCUT2D eigenvalue weighted by atomic mass is 28.3. The Morgan fingerprint density at radius 3 is 1.58 bits per heavy atom. The molecule has 0 heterocycles. The second kappa shape index (κ2) is 5.58. The van der Waals surface area contributed by atoms with Gasteiger partial charge in [0.15, 0.2) is 0 Å². The molecule has 1 heteroatoms. The zero-order valence-electron chi connectivity index (χ0n) is 9.19. The SMILES string of the molecule is C=CC(CC)[Si](CC)(CC)CC. The smallest absolute Gasteiger partial charge is 0.0596 e. The molecule has 0 N–H and O–H groups in total. The lowest BCUT2D eigenvalue weighted by atomic mass is 10.3. The molecule has 0 fully saturated rings. The number of allylic oxidation sites excluding steroid dienone is 1. The fourth-order valence-corrected chi connectivity index (χ4v) is 6.83. The van der Waals surface area contributed by atoms with E-state index in [2.05, 4.69) is 40.3 Å². The predicted octanol–water partition coefficient (Wildman–Crippen LogP) is 4.46. The van der Waals surface area contributed by atoms with E-state index in [4.69, 9.17) is 0 Å². The van der Waals surface area contributed by atoms with Crippen molar-refractivity contribution in [3.05, 3.63) is 12.7 Å². The molecular formula is C11H24Si. The van der Waals surface area contributed by atoms with Crippen molar-refractivity contribution in [3.63, 3.8) is 0 Å². The first-order valence-electron chi connectivity index (χ1n) is 5.33. The second-order valence-electron chi connectivity index (χ2n) is 3.67. The molecule has 0 amide bonds. The third-order valence-corrected chi connectivity index (χ3v) is 10.1. The third-order valence-electron chi connectivity index (χ3n) is 3.62. The van der Waals surface area contributed by atoms with Crippen LogP contribution in [0.5, 0.6) is 0 Å². The Hall–Kier alpha value is -0.0431. The minimum absolute atomic E-state index is 0.845. The van der Waals surface area contributed by atoms with Gasteiger partial charge in [-0.15, -0.1) is 6.58 Å². The van der Waals surface area contributed by atoms with Gasteiger partial charge in [0.2, 0.25) is 0 Å². The summed E-state index contributed by atoms with van der Waals surface area (Å²) in [6, 6.07) is 4.26. The maximum atomic E-state index is 3.98. The molecular weight excluding hydrogens is 160 g/mol. The molecule has 0 aromatic heterocycles. The summed E-state index contributed by atoms with van der Waals surface area (Å²) in [4.78, 5) is 0. The molecule has 0 aliphatic heterocycles. The summed E-state index contributed by atoms with van der Waals surface area (Å²) in [6.45, 7) is 13.4. The van der Waals surface area contributed by atoms with Gasteiger partial charge in [-0.1, -0.05) is 58.3 Å². The highest BCUT2D eigenvalue weighted by Gasteiger charge is 2.32. The average Bonchev–Trinajstić information content (AvgIpc) is 2.14. The molecule has 0 spiro atoms. The van der Waals surface area contributed by atoms with Crippen molar-refractivity contribution in [1.29, 1.82) is 0 Å². The average molecular weight is 184 g/mol. The summed E-state index contributed by atoms with van der Waals surface area (Å²) in [5.41, 5.74) is 0.845. The third kappa shape index (κ3) is 2.22. The summed E-state index contributed by atoms with van der Waals surface area (Å²) in [5, 5.41) is 0. The molecule has 0 radical (unpaired) electrons. The van der Waals surface area contributed by atoms with Gasteiger partial charge in [-0.05, 0) is 5.54 Å². The largest absolute Gasteiger partial charge is 0.103 e. The highest BCUT2D eigenvalue weighted by molar-refractivity contribution is 6.81. The Kier molecular flexibility index (Phi) is 5.56. The lowest BCUT2D eigenvalue weighted by Gasteiger charge is -2.34. The predicted molar refractivity (Wildman–Crippen MR) is 61.4 cm³/mol. The van der Waals surface area contributed by atoms with Crippen LogP contribution in [0.2, 0.25) is 23.7 Å². The van der Waals surface area contributed by atoms with Gasteiger partial charge in [-0.3, -0.25) is 0 Å². The standard InChI is InChI=1S/C11H24Si/c1-6-11(7-2)12(8-3,9-4)10-5/h6,11H,1,7-10H2,2-5H3. The van der Waals surface area contributed by atoms with E-state index >= 15 is 0 Å². The van der Waals surface area contributed by atoms with E-state index in [1.165, 1.54) is 24.6 Å². The van der Waals surface area contributed by atoms with E-state index in [0.717, 1.165) is 5.54 Å². The van der Waals surface area contributed by atoms with E-state index in [9.17, 15) is 0 Å². The lowest BCUT2D eigenvalue weighted by Crippen LogP contribution is -2.36. The molecule has 72 valence electrons. The van der Waals surface area contributed by atoms with Crippen LogP contribution in [-0.2, 0) is 0 Å². The first-order chi connectivity index (χ1) is 5.70. The van der Waals surface area contributed by atoms with Crippen LogP contribution in [0.15, 0.2) is 12.7 Å². The summed E-state index contributed by atoms with van der Waals surface area (Å²) in [7, 11) is -0.965. The van der Waals surface area contributed by atoms with Gasteiger partial charge in [-0.25, -0.2) is 0 Å². The molecule has 1 unspecified atom stereocenters. The van der Waals surface area contributed by atoms with E-state index < -0.39 is 8.07 Å². The molecule has 0 aliphatic rings. The summed E-state index contributed by atoms with van der Waals surface area (Å²) in [6.07, 6.45) is 3.51. The van der Waals surface area contributed by atoms with E-state index in [1.807, 2.05) is 0 Å². The molecule has 0 saturated heterocycles. The van der Waals surface area contributed by atoms with E-state index in [0.29, 0.717) is 0 Å². The van der Waals surface area contributed by atoms with Gasteiger partial charge in [0.25, 0.3) is 0 Å². The normalized spacial score (nSPS) is 14.3. The van der Waals surface area contributed by atoms with Crippen LogP contribution in [-0.4, -0.2) is 8.07 Å². The van der Waals surface area contributed by atoms with Crippen molar-refractivity contribution in [2.24, 2.45) is 0 Å². The van der Waals surface area contributed by atoms with Crippen LogP contribution < -0.4 is 0 Å². The Labute approximate surface area is 79.1 Å². The fraction of sp³-hybridized carbons (Fsp3) is 0.818. The first kappa shape index (κ1) is 12.0. The van der Waals surface area contributed by atoms with Crippen LogP contribution in [0, 0.1) is 0 Å². The molecule has 0 bridgehead atoms. The number of hydrogen-bond acceptors (Lipinski definition) is 0. The summed E-state index contributed by atoms with van der Waals surface area (Å²) < 4.78 is 0. The zero-order valence-corrected chi connectivity index (χ0v) is 10.2. The number of rotatable bonds is 6. The number of hydrogen-bond donors (Lipinski definition) is 0. The minimum atomic E-state index is -0.965. The molecule has 1 atom stereocenters. The van der Waals surface area contributed by atoms with Gasteiger partial charge in [0, 0.05) is 0 Å². The lowest BCUT2D eigenvalue weighted by molar-refractivity contribution is 0.877. The topological polar surface area (TPSA) is 0 Å². The van der Waals surface area contributed by atoms with Gasteiger partial charge < -0.3 is 0 Å². The molecule has 0 nitrogen and oxygen atoms in total. The maximum Gasteiger partial charge on any atom is 0.0596 e. The van der Waals surface area contributed by atoms with Gasteiger partial charge in [0.05, 0.1) is 8.07 Å². The van der Waals surface area contributed by atoms with Gasteiger partial charge in [-0.2, -0.15) is 0 Å². The van der Waals surface area contributed by atoms with Crippen LogP contribution >= 0.6 is 0 Å². The Bertz CT molecular complexity index is 117. The minimum Gasteiger partial charge on any atom is -0.103 e. The van der Waals surface area contributed by atoms with Crippen LogP contribution in [0.1, 0.15) is 34.1 Å². The van der Waals surface area contributed by atoms with Gasteiger partial charge >= 0.3 is 0 Å². The van der Waals surface area contributed by atoms with E-state index in [-0.39, 0.29) is 0 Å². The second-order valence-corrected chi connectivity index (χ2v) is 9.26. The van der Waals surface area contributed by atoms with E-state index in [1.54, 1.807) is 0 Å². The molecule has 0 aromatic rings. The Balaban J connectivity index is 4.53. The summed E-state index contributed by atoms with van der Waals surface area (Å²) in [5.74, 6) is 0. The summed E-state index contributed by atoms with van der Waals surface area (Å²) >= 11 is 0. The molecule has 0 saturated carbocycles. The van der Waals surface area contributed by atoms with Crippen LogP contribution in [0.25, 0.3) is 0 Å². The van der Waals surface area contributed by atoms with Crippen LogP contribution in [0.4, 0.5) is 0 Å². The van der Waals surface area contributed by atoms with Gasteiger partial charge in [0.1, 0.15) is 0 Å². The molecule has 0 rings (SSSR count). The Morgan fingerprint density at radius 1 is 1.08 bits per heavy atom. The molecule has 0 aliphatic carbocycles. The molecule has 12 heavy (non-hydrogen) atoms. The quantitative estimate of drug-likeness (QED) is 0.422. The van der Waals surface area contributed by atoms with Crippen LogP contribution in [0.3, 0.4) is 0 Å². The van der Waals surface area contributed by atoms with Crippen molar-refractivity contribution >= 4 is 8.07 Å². The Morgan fingerprint density at radius 2 is 1.50 bits per heavy atom. The highest BCUT2D eigenvalue weighted by Crippen LogP contribution is 2.36. The van der Waals surface area contributed by atoms with Crippen molar-refractivity contribution in [2.45, 2.75) is 57.8 Å². The van der Waals surface area contributed by atoms with Crippen molar-refractivity contribution in [3.8, 4) is 0 Å². The first-order valence-corrected chi connectivity index (χ1v) is 8.03. The maximum absolute atomic E-state index is 3.98. The molecule has 0 aromatic carbocycles. The fourth-order valence-electron chi connectivity index (χ4n) is 2.39. The van der Waals surface area contributed by atoms with Crippen molar-refractivity contribution in [1.82, 2.24) is 0 Å². The van der Waals surface area contributed by atoms with Crippen molar-refractivity contribution in [2.75, 3.05) is 0 Å².